The van der Waals surface area contributed by atoms with Crippen molar-refractivity contribution in [3.8, 4) is 22.8 Å². The lowest BCUT2D eigenvalue weighted by atomic mass is 10.1. The smallest absolute Gasteiger partial charge is 0.265 e. The summed E-state index contributed by atoms with van der Waals surface area (Å²) in [6, 6.07) is 17.2. The zero-order valence-corrected chi connectivity index (χ0v) is 14.3. The number of carbonyl (C=O) groups is 1. The summed E-state index contributed by atoms with van der Waals surface area (Å²) in [7, 11) is 0. The van der Waals surface area contributed by atoms with Crippen molar-refractivity contribution in [2.75, 3.05) is 0 Å². The molecule has 132 valence electrons. The minimum Gasteiger partial charge on any atom is -0.482 e. The van der Waals surface area contributed by atoms with Crippen molar-refractivity contribution in [3.63, 3.8) is 0 Å². The summed E-state index contributed by atoms with van der Waals surface area (Å²) in [4.78, 5) is 20.0. The minimum atomic E-state index is -0.701. The van der Waals surface area contributed by atoms with Crippen molar-refractivity contribution in [1.29, 1.82) is 0 Å². The van der Waals surface area contributed by atoms with Crippen LogP contribution in [-0.4, -0.2) is 28.1 Å². The molecule has 0 saturated heterocycles. The van der Waals surface area contributed by atoms with Gasteiger partial charge >= 0.3 is 0 Å². The third-order valence-corrected chi connectivity index (χ3v) is 4.24. The highest BCUT2D eigenvalue weighted by molar-refractivity contribution is 5.82. The molecule has 3 aromatic rings. The standard InChI is InChI=1S/C20H19N3O3/c1-13-19(26-17-10-6-5-9-16(17)25-13)20(24)22-12-18-21-11-15(23-18)14-7-3-2-4-8-14/h2-11,13,19H,12H2,1H3,(H,21,23)(H,22,24). The Bertz CT molecular complexity index is 907. The summed E-state index contributed by atoms with van der Waals surface area (Å²) in [6.07, 6.45) is 0.686. The number of benzene rings is 2. The molecule has 0 spiro atoms. The molecule has 2 atom stereocenters. The van der Waals surface area contributed by atoms with Crippen LogP contribution in [0.1, 0.15) is 12.7 Å². The maximum absolute atomic E-state index is 12.5. The van der Waals surface area contributed by atoms with Crippen LogP contribution in [0.25, 0.3) is 11.3 Å². The second kappa shape index (κ2) is 6.92. The van der Waals surface area contributed by atoms with Crippen molar-refractivity contribution in [2.45, 2.75) is 25.7 Å². The third kappa shape index (κ3) is 3.26. The van der Waals surface area contributed by atoms with Gasteiger partial charge in [0.05, 0.1) is 18.4 Å². The fourth-order valence-electron chi connectivity index (χ4n) is 2.89. The zero-order valence-electron chi connectivity index (χ0n) is 14.3. The van der Waals surface area contributed by atoms with Crippen LogP contribution in [0, 0.1) is 0 Å². The van der Waals surface area contributed by atoms with E-state index in [1.165, 1.54) is 0 Å². The summed E-state index contributed by atoms with van der Waals surface area (Å²) in [5.41, 5.74) is 1.96. The van der Waals surface area contributed by atoms with Gasteiger partial charge < -0.3 is 19.8 Å². The van der Waals surface area contributed by atoms with Gasteiger partial charge in [0.15, 0.2) is 11.5 Å². The lowest BCUT2D eigenvalue weighted by molar-refractivity contribution is -0.133. The number of ether oxygens (including phenoxy) is 2. The molecule has 2 N–H and O–H groups in total. The molecule has 1 aliphatic heterocycles. The van der Waals surface area contributed by atoms with Gasteiger partial charge in [0.25, 0.3) is 5.91 Å². The number of rotatable bonds is 4. The van der Waals surface area contributed by atoms with Gasteiger partial charge in [-0.3, -0.25) is 4.79 Å². The third-order valence-electron chi connectivity index (χ3n) is 4.24. The van der Waals surface area contributed by atoms with Gasteiger partial charge in [0, 0.05) is 0 Å². The first-order valence-corrected chi connectivity index (χ1v) is 8.50. The number of amides is 1. The number of imidazole rings is 1. The van der Waals surface area contributed by atoms with Gasteiger partial charge in [-0.05, 0) is 24.6 Å². The molecule has 0 aliphatic carbocycles. The van der Waals surface area contributed by atoms with Crippen molar-refractivity contribution >= 4 is 5.91 Å². The van der Waals surface area contributed by atoms with Crippen molar-refractivity contribution < 1.29 is 14.3 Å². The summed E-state index contributed by atoms with van der Waals surface area (Å²) in [5.74, 6) is 1.68. The number of carbonyl (C=O) groups excluding carboxylic acids is 1. The van der Waals surface area contributed by atoms with E-state index in [1.54, 1.807) is 12.3 Å². The van der Waals surface area contributed by atoms with Gasteiger partial charge in [-0.25, -0.2) is 4.98 Å². The molecular weight excluding hydrogens is 330 g/mol. The highest BCUT2D eigenvalue weighted by Gasteiger charge is 2.33. The Labute approximate surface area is 151 Å². The van der Waals surface area contributed by atoms with E-state index in [-0.39, 0.29) is 12.0 Å². The fraction of sp³-hybridized carbons (Fsp3) is 0.200. The fourth-order valence-corrected chi connectivity index (χ4v) is 2.89. The summed E-state index contributed by atoms with van der Waals surface area (Å²) in [6.45, 7) is 2.11. The van der Waals surface area contributed by atoms with Gasteiger partial charge in [-0.2, -0.15) is 0 Å². The average molecular weight is 349 g/mol. The molecule has 2 unspecified atom stereocenters. The van der Waals surface area contributed by atoms with Gasteiger partial charge in [-0.15, -0.1) is 0 Å². The summed E-state index contributed by atoms with van der Waals surface area (Å²) >= 11 is 0. The number of nitrogens with one attached hydrogen (secondary N) is 2. The van der Waals surface area contributed by atoms with Crippen molar-refractivity contribution in [1.82, 2.24) is 15.3 Å². The molecule has 6 heteroatoms. The van der Waals surface area contributed by atoms with E-state index in [9.17, 15) is 4.79 Å². The Morgan fingerprint density at radius 2 is 1.77 bits per heavy atom. The lowest BCUT2D eigenvalue weighted by Gasteiger charge is -2.30. The SMILES string of the molecule is CC1Oc2ccccc2OC1C(=O)NCc1ncc(-c2ccccc2)[nH]1. The first-order chi connectivity index (χ1) is 12.7. The van der Waals surface area contributed by atoms with E-state index in [1.807, 2.05) is 55.5 Å². The van der Waals surface area contributed by atoms with Gasteiger partial charge in [0.2, 0.25) is 6.10 Å². The van der Waals surface area contributed by atoms with Crippen LogP contribution in [0.2, 0.25) is 0 Å². The van der Waals surface area contributed by atoms with E-state index in [4.69, 9.17) is 9.47 Å². The normalized spacial score (nSPS) is 18.3. The number of aromatic amines is 1. The molecule has 0 bridgehead atoms. The molecule has 1 aliphatic rings. The number of para-hydroxylation sites is 2. The molecule has 2 heterocycles. The van der Waals surface area contributed by atoms with E-state index in [0.717, 1.165) is 11.3 Å². The Morgan fingerprint density at radius 1 is 1.08 bits per heavy atom. The van der Waals surface area contributed by atoms with Crippen LogP contribution < -0.4 is 14.8 Å². The quantitative estimate of drug-likeness (QED) is 0.759. The first kappa shape index (κ1) is 16.2. The molecule has 1 aromatic heterocycles. The minimum absolute atomic E-state index is 0.232. The Morgan fingerprint density at radius 3 is 2.54 bits per heavy atom. The molecule has 0 fully saturated rings. The predicted molar refractivity (Wildman–Crippen MR) is 96.8 cm³/mol. The van der Waals surface area contributed by atoms with Gasteiger partial charge in [0.1, 0.15) is 11.9 Å². The van der Waals surface area contributed by atoms with E-state index in [2.05, 4.69) is 15.3 Å². The topological polar surface area (TPSA) is 76.2 Å². The summed E-state index contributed by atoms with van der Waals surface area (Å²) < 4.78 is 11.6. The molecule has 1 amide bonds. The second-order valence-electron chi connectivity index (χ2n) is 6.14. The van der Waals surface area contributed by atoms with Crippen LogP contribution in [0.5, 0.6) is 11.5 Å². The molecule has 2 aromatic carbocycles. The Hall–Kier alpha value is -3.28. The number of fused-ring (bicyclic) bond motifs is 1. The number of hydrogen-bond acceptors (Lipinski definition) is 4. The van der Waals surface area contributed by atoms with E-state index in [0.29, 0.717) is 23.9 Å². The van der Waals surface area contributed by atoms with Crippen LogP contribution in [0.4, 0.5) is 0 Å². The van der Waals surface area contributed by atoms with E-state index >= 15 is 0 Å². The van der Waals surface area contributed by atoms with Crippen molar-refractivity contribution in [3.05, 3.63) is 66.6 Å². The Balaban J connectivity index is 1.39. The number of nitrogens with zero attached hydrogens (tertiary/aromatic N) is 1. The van der Waals surface area contributed by atoms with Gasteiger partial charge in [-0.1, -0.05) is 42.5 Å². The van der Waals surface area contributed by atoms with Crippen LogP contribution in [0.15, 0.2) is 60.8 Å². The molecule has 26 heavy (non-hydrogen) atoms. The lowest BCUT2D eigenvalue weighted by Crippen LogP contribution is -2.48. The summed E-state index contributed by atoms with van der Waals surface area (Å²) in [5, 5.41) is 2.86. The maximum atomic E-state index is 12.5. The molecule has 6 nitrogen and oxygen atoms in total. The zero-order chi connectivity index (χ0) is 17.9. The van der Waals surface area contributed by atoms with Crippen molar-refractivity contribution in [2.24, 2.45) is 0 Å². The van der Waals surface area contributed by atoms with Crippen LogP contribution in [-0.2, 0) is 11.3 Å². The highest BCUT2D eigenvalue weighted by atomic mass is 16.6. The molecule has 4 rings (SSSR count). The van der Waals surface area contributed by atoms with Crippen LogP contribution in [0.3, 0.4) is 0 Å². The number of hydrogen-bond donors (Lipinski definition) is 2. The average Bonchev–Trinajstić information content (AvgIpc) is 3.15. The molecule has 0 radical (unpaired) electrons. The second-order valence-corrected chi connectivity index (χ2v) is 6.14. The predicted octanol–water partition coefficient (Wildman–Crippen LogP) is 2.92. The number of aromatic nitrogens is 2. The maximum Gasteiger partial charge on any atom is 0.265 e. The largest absolute Gasteiger partial charge is 0.482 e. The molecule has 0 saturated carbocycles. The molecular formula is C20H19N3O3. The first-order valence-electron chi connectivity index (χ1n) is 8.50. The highest BCUT2D eigenvalue weighted by Crippen LogP contribution is 2.33. The van der Waals surface area contributed by atoms with E-state index < -0.39 is 6.10 Å². The monoisotopic (exact) mass is 349 g/mol. The number of H-pyrrole nitrogens is 1. The Kier molecular flexibility index (Phi) is 4.31. The van der Waals surface area contributed by atoms with Crippen LogP contribution >= 0.6 is 0 Å².